The standard InChI is InChI=1S/C49H37N3SSi/c1-49(2)42-29-28-41-40-24-9-10-27-45(40)53-47(41)46(42)52(48-43(49)25-15-31-51-48)35-17-14-23-39(33-35)54(36-18-5-3-6-19-36,37-20-7-4-8-21-37)38-22-13-16-34(32-38)44-26-11-12-30-50-44/h3-33H,1-2H3. The van der Waals surface area contributed by atoms with Crippen LogP contribution in [0.4, 0.5) is 17.2 Å². The van der Waals surface area contributed by atoms with Crippen LogP contribution in [0.1, 0.15) is 25.0 Å². The molecule has 258 valence electrons. The fourth-order valence-corrected chi connectivity index (χ4v) is 14.8. The predicted octanol–water partition coefficient (Wildman–Crippen LogP) is 10.00. The predicted molar refractivity (Wildman–Crippen MR) is 231 cm³/mol. The Morgan fingerprint density at radius 3 is 1.94 bits per heavy atom. The molecule has 0 saturated carbocycles. The summed E-state index contributed by atoms with van der Waals surface area (Å²) in [6.07, 6.45) is 3.82. The van der Waals surface area contributed by atoms with Crippen LogP contribution < -0.4 is 25.6 Å². The Morgan fingerprint density at radius 1 is 0.519 bits per heavy atom. The molecule has 0 radical (unpaired) electrons. The summed E-state index contributed by atoms with van der Waals surface area (Å²) in [6, 6.07) is 64.8. The smallest absolute Gasteiger partial charge is 0.179 e. The van der Waals surface area contributed by atoms with Crippen molar-refractivity contribution in [2.45, 2.75) is 19.3 Å². The monoisotopic (exact) mass is 727 g/mol. The zero-order valence-corrected chi connectivity index (χ0v) is 32.0. The van der Waals surface area contributed by atoms with Crippen molar-refractivity contribution in [1.82, 2.24) is 9.97 Å². The topological polar surface area (TPSA) is 29.0 Å². The Hall–Kier alpha value is -6.14. The second kappa shape index (κ2) is 12.8. The molecule has 6 aromatic carbocycles. The maximum absolute atomic E-state index is 5.18. The largest absolute Gasteiger partial charge is 0.293 e. The van der Waals surface area contributed by atoms with Crippen LogP contribution in [0, 0.1) is 0 Å². The van der Waals surface area contributed by atoms with Gasteiger partial charge in [-0.3, -0.25) is 9.88 Å². The third kappa shape index (κ3) is 4.93. The molecular formula is C49H37N3SSi. The Labute approximate surface area is 320 Å². The van der Waals surface area contributed by atoms with E-state index in [9.17, 15) is 0 Å². The van der Waals surface area contributed by atoms with Crippen LogP contribution >= 0.6 is 11.3 Å². The normalized spacial score (nSPS) is 13.5. The van der Waals surface area contributed by atoms with Crippen molar-refractivity contribution in [3.8, 4) is 11.3 Å². The van der Waals surface area contributed by atoms with Crippen molar-refractivity contribution in [1.29, 1.82) is 0 Å². The van der Waals surface area contributed by atoms with E-state index in [-0.39, 0.29) is 5.41 Å². The van der Waals surface area contributed by atoms with Crippen molar-refractivity contribution >= 4 is 77.5 Å². The Bertz CT molecular complexity index is 2770. The van der Waals surface area contributed by atoms with Crippen LogP contribution in [0.25, 0.3) is 31.4 Å². The number of fused-ring (bicyclic) bond motifs is 6. The minimum atomic E-state index is -2.92. The lowest BCUT2D eigenvalue weighted by Gasteiger charge is -2.42. The Kier molecular flexibility index (Phi) is 7.68. The molecule has 0 aliphatic carbocycles. The number of nitrogens with zero attached hydrogens (tertiary/aromatic N) is 3. The highest BCUT2D eigenvalue weighted by molar-refractivity contribution is 7.26. The van der Waals surface area contributed by atoms with Gasteiger partial charge in [0, 0.05) is 50.1 Å². The molecule has 3 nitrogen and oxygen atoms in total. The van der Waals surface area contributed by atoms with Crippen molar-refractivity contribution in [3.63, 3.8) is 0 Å². The molecule has 0 N–H and O–H groups in total. The minimum absolute atomic E-state index is 0.240. The number of aromatic nitrogens is 2. The van der Waals surface area contributed by atoms with E-state index in [1.54, 1.807) is 0 Å². The summed E-state index contributed by atoms with van der Waals surface area (Å²) < 4.78 is 2.59. The second-order valence-electron chi connectivity index (χ2n) is 14.6. The molecule has 3 aromatic heterocycles. The molecule has 0 bridgehead atoms. The van der Waals surface area contributed by atoms with Crippen molar-refractivity contribution < 1.29 is 0 Å². The molecule has 54 heavy (non-hydrogen) atoms. The molecule has 0 atom stereocenters. The number of hydrogen-bond acceptors (Lipinski definition) is 4. The number of benzene rings is 6. The van der Waals surface area contributed by atoms with Crippen LogP contribution in [-0.2, 0) is 5.41 Å². The fraction of sp³-hybridized carbons (Fsp3) is 0.0612. The van der Waals surface area contributed by atoms with Crippen molar-refractivity contribution in [2.75, 3.05) is 4.90 Å². The Morgan fingerprint density at radius 2 is 1.19 bits per heavy atom. The fourth-order valence-electron chi connectivity index (χ4n) is 8.77. The molecule has 0 unspecified atom stereocenters. The number of hydrogen-bond donors (Lipinski definition) is 0. The van der Waals surface area contributed by atoms with Gasteiger partial charge in [-0.25, -0.2) is 4.98 Å². The van der Waals surface area contributed by atoms with Gasteiger partial charge in [-0.05, 0) is 62.7 Å². The van der Waals surface area contributed by atoms with Crippen molar-refractivity contribution in [3.05, 3.63) is 199 Å². The Balaban J connectivity index is 1.28. The van der Waals surface area contributed by atoms with Gasteiger partial charge in [-0.15, -0.1) is 11.3 Å². The van der Waals surface area contributed by atoms with E-state index in [4.69, 9.17) is 9.97 Å². The molecule has 10 rings (SSSR count). The van der Waals surface area contributed by atoms with Gasteiger partial charge in [0.25, 0.3) is 0 Å². The molecule has 0 fully saturated rings. The number of pyridine rings is 2. The van der Waals surface area contributed by atoms with Gasteiger partial charge < -0.3 is 0 Å². The molecule has 0 saturated heterocycles. The van der Waals surface area contributed by atoms with Crippen LogP contribution in [0.5, 0.6) is 0 Å². The average molecular weight is 728 g/mol. The van der Waals surface area contributed by atoms with E-state index in [1.807, 2.05) is 29.8 Å². The van der Waals surface area contributed by atoms with E-state index >= 15 is 0 Å². The number of thiophene rings is 1. The minimum Gasteiger partial charge on any atom is -0.293 e. The van der Waals surface area contributed by atoms with Gasteiger partial charge in [0.05, 0.1) is 16.1 Å². The van der Waals surface area contributed by atoms with Crippen LogP contribution in [0.15, 0.2) is 188 Å². The summed E-state index contributed by atoms with van der Waals surface area (Å²) >= 11 is 1.88. The van der Waals surface area contributed by atoms with E-state index in [2.05, 4.69) is 189 Å². The maximum atomic E-state index is 5.18. The first-order chi connectivity index (χ1) is 26.5. The average Bonchev–Trinajstić information content (AvgIpc) is 3.62. The summed E-state index contributed by atoms with van der Waals surface area (Å²) in [5.41, 5.74) is 6.72. The van der Waals surface area contributed by atoms with Crippen LogP contribution in [0.2, 0.25) is 0 Å². The van der Waals surface area contributed by atoms with E-state index in [1.165, 1.54) is 57.7 Å². The molecule has 1 aliphatic rings. The first-order valence-corrected chi connectivity index (χ1v) is 21.3. The summed E-state index contributed by atoms with van der Waals surface area (Å²) in [4.78, 5) is 12.4. The highest BCUT2D eigenvalue weighted by Gasteiger charge is 2.43. The van der Waals surface area contributed by atoms with Gasteiger partial charge in [-0.2, -0.15) is 0 Å². The lowest BCUT2D eigenvalue weighted by Crippen LogP contribution is -2.74. The lowest BCUT2D eigenvalue weighted by atomic mass is 9.74. The SMILES string of the molecule is CC1(C)c2cccnc2N(c2cccc([Si](c3ccccc3)(c3ccccc3)c3cccc(-c4ccccn4)c3)c2)c2c1ccc1c2sc2ccccc21. The van der Waals surface area contributed by atoms with Gasteiger partial charge in [0.1, 0.15) is 5.82 Å². The summed E-state index contributed by atoms with van der Waals surface area (Å²) in [5.74, 6) is 0.987. The van der Waals surface area contributed by atoms with Gasteiger partial charge in [0.2, 0.25) is 0 Å². The summed E-state index contributed by atoms with van der Waals surface area (Å²) in [7, 11) is -2.92. The summed E-state index contributed by atoms with van der Waals surface area (Å²) in [6.45, 7) is 4.69. The third-order valence-corrected chi connectivity index (χ3v) is 17.2. The van der Waals surface area contributed by atoms with Crippen molar-refractivity contribution in [2.24, 2.45) is 0 Å². The van der Waals surface area contributed by atoms with Gasteiger partial charge in [0.15, 0.2) is 8.07 Å². The first-order valence-electron chi connectivity index (χ1n) is 18.5. The quantitative estimate of drug-likeness (QED) is 0.126. The highest BCUT2D eigenvalue weighted by Crippen LogP contribution is 2.55. The molecule has 0 amide bonds. The zero-order chi connectivity index (χ0) is 36.3. The lowest BCUT2D eigenvalue weighted by molar-refractivity contribution is 0.629. The summed E-state index contributed by atoms with van der Waals surface area (Å²) in [5, 5.41) is 7.86. The zero-order valence-electron chi connectivity index (χ0n) is 30.1. The number of rotatable bonds is 6. The van der Waals surface area contributed by atoms with E-state index in [0.29, 0.717) is 0 Å². The second-order valence-corrected chi connectivity index (χ2v) is 19.5. The number of anilines is 3. The molecule has 1 aliphatic heterocycles. The maximum Gasteiger partial charge on any atom is 0.179 e. The van der Waals surface area contributed by atoms with Crippen LogP contribution in [-0.4, -0.2) is 18.0 Å². The third-order valence-electron chi connectivity index (χ3n) is 11.3. The highest BCUT2D eigenvalue weighted by atomic mass is 32.1. The van der Waals surface area contributed by atoms with Crippen LogP contribution in [0.3, 0.4) is 0 Å². The molecule has 4 heterocycles. The molecular weight excluding hydrogens is 691 g/mol. The first kappa shape index (κ1) is 32.5. The molecule has 9 aromatic rings. The van der Waals surface area contributed by atoms with E-state index < -0.39 is 8.07 Å². The molecule has 5 heteroatoms. The molecule has 0 spiro atoms. The van der Waals surface area contributed by atoms with E-state index in [0.717, 1.165) is 22.8 Å². The van der Waals surface area contributed by atoms with Gasteiger partial charge >= 0.3 is 0 Å². The van der Waals surface area contributed by atoms with Gasteiger partial charge in [-0.1, -0.05) is 153 Å².